The van der Waals surface area contributed by atoms with E-state index in [0.717, 1.165) is 50.1 Å². The van der Waals surface area contributed by atoms with Gasteiger partial charge in [0.15, 0.2) is 5.82 Å². The molecule has 2 aromatic heterocycles. The molecule has 0 unspecified atom stereocenters. The first kappa shape index (κ1) is 34.6. The summed E-state index contributed by atoms with van der Waals surface area (Å²) in [6.07, 6.45) is 1.88. The van der Waals surface area contributed by atoms with Crippen LogP contribution in [-0.2, 0) is 5.41 Å². The van der Waals surface area contributed by atoms with E-state index in [1.807, 2.05) is 36.2 Å². The highest BCUT2D eigenvalue weighted by Gasteiger charge is 2.51. The lowest BCUT2D eigenvalue weighted by atomic mass is 9.66. The largest absolute Gasteiger partial charge is 0.256 e. The van der Waals surface area contributed by atoms with E-state index < -0.39 is 5.41 Å². The molecule has 0 amide bonds. The summed E-state index contributed by atoms with van der Waals surface area (Å²) in [5, 5.41) is 1.14. The fourth-order valence-electron chi connectivity index (χ4n) is 9.60. The van der Waals surface area contributed by atoms with Crippen LogP contribution in [-0.4, -0.2) is 15.0 Å². The second-order valence-corrected chi connectivity index (χ2v) is 16.5. The Morgan fingerprint density at radius 1 is 0.350 bits per heavy atom. The highest BCUT2D eigenvalue weighted by atomic mass is 32.2. The van der Waals surface area contributed by atoms with Crippen molar-refractivity contribution in [3.05, 3.63) is 235 Å². The van der Waals surface area contributed by atoms with Crippen LogP contribution >= 0.6 is 11.8 Å². The van der Waals surface area contributed by atoms with Gasteiger partial charge in [-0.05, 0) is 62.2 Å². The molecule has 2 aliphatic rings. The molecule has 0 bridgehead atoms. The van der Waals surface area contributed by atoms with Crippen molar-refractivity contribution in [1.82, 2.24) is 15.0 Å². The molecule has 60 heavy (non-hydrogen) atoms. The highest BCUT2D eigenvalue weighted by Crippen LogP contribution is 2.64. The zero-order chi connectivity index (χ0) is 39.6. The molecule has 3 nitrogen and oxygen atoms in total. The highest BCUT2D eigenvalue weighted by molar-refractivity contribution is 7.99. The van der Waals surface area contributed by atoms with Crippen LogP contribution in [0.15, 0.2) is 222 Å². The normalized spacial score (nSPS) is 13.1. The second-order valence-electron chi connectivity index (χ2n) is 15.5. The number of hydrogen-bond donors (Lipinski definition) is 0. The molecule has 10 aromatic rings. The molecule has 1 aliphatic carbocycles. The van der Waals surface area contributed by atoms with Crippen LogP contribution in [0.3, 0.4) is 0 Å². The van der Waals surface area contributed by atoms with E-state index in [-0.39, 0.29) is 0 Å². The smallest absolute Gasteiger partial charge is 0.160 e. The van der Waals surface area contributed by atoms with Crippen LogP contribution in [0.1, 0.15) is 22.3 Å². The Balaban J connectivity index is 1.11. The van der Waals surface area contributed by atoms with E-state index in [0.29, 0.717) is 5.82 Å². The first-order valence-corrected chi connectivity index (χ1v) is 21.2. The minimum Gasteiger partial charge on any atom is -0.256 e. The van der Waals surface area contributed by atoms with Gasteiger partial charge >= 0.3 is 0 Å². The molecule has 0 atom stereocenters. The van der Waals surface area contributed by atoms with Crippen LogP contribution in [0, 0.1) is 0 Å². The third-order valence-electron chi connectivity index (χ3n) is 12.2. The SMILES string of the molecule is c1ccc(-c2cc(-c3cccc4c3Sc3c(-c5ccc(-c6cccc7cccnc67)cc5)cccc3C43c4ccccc4-c4ccccc43)nc(-c3ccccc3)n2)cc1. The van der Waals surface area contributed by atoms with E-state index in [4.69, 9.17) is 15.0 Å². The Morgan fingerprint density at radius 3 is 1.55 bits per heavy atom. The van der Waals surface area contributed by atoms with Crippen molar-refractivity contribution in [2.75, 3.05) is 0 Å². The molecule has 0 saturated heterocycles. The molecular formula is C56H35N3S. The van der Waals surface area contributed by atoms with Crippen molar-refractivity contribution in [2.45, 2.75) is 15.2 Å². The molecule has 280 valence electrons. The molecule has 8 aromatic carbocycles. The molecule has 12 rings (SSSR count). The second kappa shape index (κ2) is 13.9. The summed E-state index contributed by atoms with van der Waals surface area (Å²) in [5.74, 6) is 0.708. The fraction of sp³-hybridized carbons (Fsp3) is 0.0179. The number of aromatic nitrogens is 3. The van der Waals surface area contributed by atoms with Crippen molar-refractivity contribution >= 4 is 22.7 Å². The fourth-order valence-corrected chi connectivity index (χ4v) is 11.0. The van der Waals surface area contributed by atoms with Gasteiger partial charge < -0.3 is 0 Å². The van der Waals surface area contributed by atoms with Gasteiger partial charge in [-0.3, -0.25) is 4.98 Å². The van der Waals surface area contributed by atoms with Crippen molar-refractivity contribution in [3.8, 4) is 67.3 Å². The van der Waals surface area contributed by atoms with Crippen LogP contribution < -0.4 is 0 Å². The van der Waals surface area contributed by atoms with E-state index in [1.54, 1.807) is 0 Å². The number of pyridine rings is 1. The molecule has 1 spiro atoms. The number of fused-ring (bicyclic) bond motifs is 10. The lowest BCUT2D eigenvalue weighted by Crippen LogP contribution is -2.32. The Bertz CT molecular complexity index is 3180. The van der Waals surface area contributed by atoms with Crippen LogP contribution in [0.2, 0.25) is 0 Å². The van der Waals surface area contributed by atoms with Crippen molar-refractivity contribution in [1.29, 1.82) is 0 Å². The first-order chi connectivity index (χ1) is 29.8. The average molecular weight is 782 g/mol. The lowest BCUT2D eigenvalue weighted by Gasteiger charge is -2.41. The molecule has 0 N–H and O–H groups in total. The van der Waals surface area contributed by atoms with Crippen LogP contribution in [0.25, 0.3) is 78.2 Å². The molecule has 0 radical (unpaired) electrons. The molecule has 0 saturated carbocycles. The summed E-state index contributed by atoms with van der Waals surface area (Å²) in [7, 11) is 0. The van der Waals surface area contributed by atoms with Gasteiger partial charge in [-0.2, -0.15) is 0 Å². The number of para-hydroxylation sites is 1. The predicted molar refractivity (Wildman–Crippen MR) is 246 cm³/mol. The van der Waals surface area contributed by atoms with E-state index in [1.165, 1.54) is 54.3 Å². The van der Waals surface area contributed by atoms with Gasteiger partial charge in [0, 0.05) is 43.6 Å². The van der Waals surface area contributed by atoms with Crippen molar-refractivity contribution in [3.63, 3.8) is 0 Å². The number of nitrogens with zero attached hydrogens (tertiary/aromatic N) is 3. The van der Waals surface area contributed by atoms with Gasteiger partial charge in [0.05, 0.1) is 22.3 Å². The lowest BCUT2D eigenvalue weighted by molar-refractivity contribution is 0.724. The maximum absolute atomic E-state index is 5.38. The van der Waals surface area contributed by atoms with Gasteiger partial charge in [-0.15, -0.1) is 0 Å². The number of benzene rings is 8. The number of rotatable bonds is 5. The van der Waals surface area contributed by atoms with Gasteiger partial charge in [0.1, 0.15) is 0 Å². The van der Waals surface area contributed by atoms with Crippen molar-refractivity contribution in [2.24, 2.45) is 0 Å². The van der Waals surface area contributed by atoms with Crippen molar-refractivity contribution < 1.29 is 0 Å². The van der Waals surface area contributed by atoms with E-state index in [9.17, 15) is 0 Å². The molecule has 3 heterocycles. The molecule has 1 aliphatic heterocycles. The average Bonchev–Trinajstić information content (AvgIpc) is 3.62. The van der Waals surface area contributed by atoms with Crippen LogP contribution in [0.5, 0.6) is 0 Å². The quantitative estimate of drug-likeness (QED) is 0.174. The number of hydrogen-bond acceptors (Lipinski definition) is 4. The maximum atomic E-state index is 5.38. The monoisotopic (exact) mass is 781 g/mol. The summed E-state index contributed by atoms with van der Waals surface area (Å²) >= 11 is 1.87. The first-order valence-electron chi connectivity index (χ1n) is 20.3. The molecule has 4 heteroatoms. The summed E-state index contributed by atoms with van der Waals surface area (Å²) in [4.78, 5) is 17.8. The third-order valence-corrected chi connectivity index (χ3v) is 13.5. The summed E-state index contributed by atoms with van der Waals surface area (Å²) in [6, 6.07) is 74.3. The topological polar surface area (TPSA) is 38.7 Å². The van der Waals surface area contributed by atoms with Gasteiger partial charge in [-0.1, -0.05) is 206 Å². The van der Waals surface area contributed by atoms with Gasteiger partial charge in [0.25, 0.3) is 0 Å². The summed E-state index contributed by atoms with van der Waals surface area (Å²) in [6.45, 7) is 0. The standard InChI is InChI=1S/C56H35N3S/c1-3-15-38(16-4-1)50-35-51(59-55(58-50)40-17-5-2-6-18-40)45-25-13-29-49-54(45)60-53-42(37-32-30-36(31-33-37)41-23-11-19-39-20-14-34-57-52(39)41)24-12-28-48(53)56(49)46-26-9-7-21-43(46)44-22-8-10-27-47(44)56/h1-35H. The molecular weight excluding hydrogens is 747 g/mol. The van der Waals surface area contributed by atoms with Crippen LogP contribution in [0.4, 0.5) is 0 Å². The van der Waals surface area contributed by atoms with E-state index >= 15 is 0 Å². The van der Waals surface area contributed by atoms with Gasteiger partial charge in [-0.25, -0.2) is 9.97 Å². The Kier molecular flexibility index (Phi) is 8.00. The van der Waals surface area contributed by atoms with Gasteiger partial charge in [0.2, 0.25) is 0 Å². The molecule has 0 fully saturated rings. The maximum Gasteiger partial charge on any atom is 0.160 e. The minimum absolute atomic E-state index is 0.554. The van der Waals surface area contributed by atoms with E-state index in [2.05, 4.69) is 188 Å². The Hall–Kier alpha value is -7.40. The predicted octanol–water partition coefficient (Wildman–Crippen LogP) is 14.2. The minimum atomic E-state index is -0.554. The third kappa shape index (κ3) is 5.28. The summed E-state index contributed by atoms with van der Waals surface area (Å²) in [5.41, 5.74) is 17.8. The Morgan fingerprint density at radius 2 is 0.850 bits per heavy atom. The Labute approximate surface area is 353 Å². The summed E-state index contributed by atoms with van der Waals surface area (Å²) < 4.78 is 0. The zero-order valence-electron chi connectivity index (χ0n) is 32.5. The zero-order valence-corrected chi connectivity index (χ0v) is 33.3.